The van der Waals surface area contributed by atoms with Gasteiger partial charge in [-0.1, -0.05) is 29.8 Å². The number of rotatable bonds is 8. The summed E-state index contributed by atoms with van der Waals surface area (Å²) in [4.78, 5) is 11.5. The molecule has 1 atom stereocenters. The lowest BCUT2D eigenvalue weighted by Crippen LogP contribution is -2.48. The maximum Gasteiger partial charge on any atom is 0.213 e. The average Bonchev–Trinajstić information content (AvgIpc) is 2.78. The zero-order valence-electron chi connectivity index (χ0n) is 19.5. The van der Waals surface area contributed by atoms with Gasteiger partial charge in [-0.15, -0.1) is 24.0 Å². The number of nitrogens with zero attached hydrogens (tertiary/aromatic N) is 3. The van der Waals surface area contributed by atoms with Gasteiger partial charge >= 0.3 is 0 Å². The van der Waals surface area contributed by atoms with Crippen molar-refractivity contribution in [1.29, 1.82) is 0 Å². The van der Waals surface area contributed by atoms with Crippen molar-refractivity contribution < 1.29 is 14.2 Å². The molecule has 3 rings (SSSR count). The number of ether oxygens (including phenoxy) is 3. The number of hydrogen-bond acceptors (Lipinski definition) is 5. The summed E-state index contributed by atoms with van der Waals surface area (Å²) in [6, 6.07) is 10.4. The Morgan fingerprint density at radius 2 is 2.09 bits per heavy atom. The molecule has 1 aliphatic rings. The van der Waals surface area contributed by atoms with Crippen LogP contribution in [0.15, 0.2) is 41.5 Å². The van der Waals surface area contributed by atoms with E-state index < -0.39 is 0 Å². The van der Waals surface area contributed by atoms with Crippen molar-refractivity contribution in [3.05, 3.63) is 58.8 Å². The Kier molecular flexibility index (Phi) is 11.2. The molecule has 0 radical (unpaired) electrons. The Labute approximate surface area is 208 Å². The van der Waals surface area contributed by atoms with Crippen molar-refractivity contribution in [2.75, 3.05) is 46.6 Å². The van der Waals surface area contributed by atoms with E-state index in [-0.39, 0.29) is 30.1 Å². The van der Waals surface area contributed by atoms with E-state index in [9.17, 15) is 0 Å². The fourth-order valence-electron chi connectivity index (χ4n) is 3.63. The molecular weight excluding hydrogens is 519 g/mol. The van der Waals surface area contributed by atoms with Gasteiger partial charge in [0, 0.05) is 32.5 Å². The number of aromatic nitrogens is 1. The van der Waals surface area contributed by atoms with Crippen molar-refractivity contribution >= 4 is 29.9 Å². The molecule has 176 valence electrons. The van der Waals surface area contributed by atoms with Crippen LogP contribution in [0.4, 0.5) is 0 Å². The number of nitrogens with one attached hydrogen (secondary N) is 1. The van der Waals surface area contributed by atoms with Crippen LogP contribution in [0.3, 0.4) is 0 Å². The summed E-state index contributed by atoms with van der Waals surface area (Å²) in [5.74, 6) is 1.50. The third kappa shape index (κ3) is 7.60. The molecule has 1 aromatic heterocycles. The van der Waals surface area contributed by atoms with E-state index in [0.717, 1.165) is 31.2 Å². The molecule has 2 aromatic rings. The second kappa shape index (κ2) is 13.6. The monoisotopic (exact) mass is 554 g/mol. The summed E-state index contributed by atoms with van der Waals surface area (Å²) >= 11 is 0. The van der Waals surface area contributed by atoms with Gasteiger partial charge in [0.1, 0.15) is 12.7 Å². The van der Waals surface area contributed by atoms with Crippen LogP contribution < -0.4 is 10.1 Å². The molecule has 32 heavy (non-hydrogen) atoms. The first-order valence-corrected chi connectivity index (χ1v) is 10.9. The van der Waals surface area contributed by atoms with Crippen LogP contribution in [0.1, 0.15) is 35.3 Å². The zero-order valence-corrected chi connectivity index (χ0v) is 21.8. The smallest absolute Gasteiger partial charge is 0.213 e. The molecular formula is C24H35IN4O3. The predicted octanol–water partition coefficient (Wildman–Crippen LogP) is 3.88. The van der Waals surface area contributed by atoms with Gasteiger partial charge in [0.05, 0.1) is 26.3 Å². The van der Waals surface area contributed by atoms with E-state index in [2.05, 4.69) is 54.2 Å². The number of aliphatic imine (C=N–C) groups is 1. The summed E-state index contributed by atoms with van der Waals surface area (Å²) in [6.45, 7) is 11.0. The van der Waals surface area contributed by atoms with E-state index in [1.54, 1.807) is 7.11 Å². The lowest BCUT2D eigenvalue weighted by molar-refractivity contribution is -0.00834. The molecule has 0 saturated carbocycles. The highest BCUT2D eigenvalue weighted by Crippen LogP contribution is 2.26. The number of guanidine groups is 1. The summed E-state index contributed by atoms with van der Waals surface area (Å²) in [7, 11) is 1.65. The normalized spacial score (nSPS) is 16.4. The van der Waals surface area contributed by atoms with Crippen LogP contribution in [0.2, 0.25) is 0 Å². The number of halogens is 1. The molecule has 1 N–H and O–H groups in total. The third-order valence-electron chi connectivity index (χ3n) is 5.22. The molecule has 1 unspecified atom stereocenters. The van der Waals surface area contributed by atoms with Crippen molar-refractivity contribution in [2.45, 2.75) is 33.4 Å². The molecule has 0 amide bonds. The van der Waals surface area contributed by atoms with Crippen LogP contribution in [0, 0.1) is 13.8 Å². The quantitative estimate of drug-likeness (QED) is 0.231. The molecule has 0 aliphatic carbocycles. The average molecular weight is 554 g/mol. The molecule has 2 heterocycles. The van der Waals surface area contributed by atoms with Crippen molar-refractivity contribution in [3.8, 4) is 5.88 Å². The Bertz CT molecular complexity index is 861. The highest BCUT2D eigenvalue weighted by atomic mass is 127. The van der Waals surface area contributed by atoms with Crippen LogP contribution in [0.5, 0.6) is 5.88 Å². The van der Waals surface area contributed by atoms with Crippen LogP contribution in [-0.2, 0) is 16.0 Å². The predicted molar refractivity (Wildman–Crippen MR) is 138 cm³/mol. The third-order valence-corrected chi connectivity index (χ3v) is 5.22. The second-order valence-corrected chi connectivity index (χ2v) is 7.68. The number of morpholine rings is 1. The lowest BCUT2D eigenvalue weighted by atomic mass is 10.00. The van der Waals surface area contributed by atoms with Crippen molar-refractivity contribution in [2.24, 2.45) is 4.99 Å². The van der Waals surface area contributed by atoms with Crippen molar-refractivity contribution in [1.82, 2.24) is 15.2 Å². The first-order valence-electron chi connectivity index (χ1n) is 10.9. The molecule has 8 heteroatoms. The van der Waals surface area contributed by atoms with E-state index in [1.165, 1.54) is 16.7 Å². The molecule has 1 fully saturated rings. The number of benzene rings is 1. The highest BCUT2D eigenvalue weighted by Gasteiger charge is 2.25. The van der Waals surface area contributed by atoms with Crippen LogP contribution >= 0.6 is 24.0 Å². The minimum atomic E-state index is 0. The van der Waals surface area contributed by atoms with Gasteiger partial charge in [-0.3, -0.25) is 0 Å². The second-order valence-electron chi connectivity index (χ2n) is 7.68. The van der Waals surface area contributed by atoms with Gasteiger partial charge in [-0.25, -0.2) is 9.98 Å². The number of hydrogen-bond donors (Lipinski definition) is 1. The molecule has 0 bridgehead atoms. The maximum absolute atomic E-state index is 6.10. The summed E-state index contributed by atoms with van der Waals surface area (Å²) in [5, 5.41) is 3.43. The Hall–Kier alpha value is -1.91. The van der Waals surface area contributed by atoms with E-state index in [4.69, 9.17) is 19.2 Å². The highest BCUT2D eigenvalue weighted by molar-refractivity contribution is 14.0. The summed E-state index contributed by atoms with van der Waals surface area (Å²) in [5.41, 5.74) is 4.83. The molecule has 1 aromatic carbocycles. The maximum atomic E-state index is 6.10. The van der Waals surface area contributed by atoms with E-state index >= 15 is 0 Å². The largest absolute Gasteiger partial charge is 0.475 e. The van der Waals surface area contributed by atoms with Crippen LogP contribution in [-0.4, -0.2) is 62.4 Å². The van der Waals surface area contributed by atoms with Gasteiger partial charge < -0.3 is 24.4 Å². The van der Waals surface area contributed by atoms with Gasteiger partial charge in [0.15, 0.2) is 5.96 Å². The molecule has 7 nitrogen and oxygen atoms in total. The summed E-state index contributed by atoms with van der Waals surface area (Å²) in [6.07, 6.45) is 1.86. The Balaban J connectivity index is 0.00000363. The van der Waals surface area contributed by atoms with Gasteiger partial charge in [0.25, 0.3) is 0 Å². The molecule has 1 aliphatic heterocycles. The Morgan fingerprint density at radius 1 is 1.25 bits per heavy atom. The number of methoxy groups -OCH3 is 1. The van der Waals surface area contributed by atoms with Gasteiger partial charge in [0.2, 0.25) is 5.88 Å². The topological polar surface area (TPSA) is 68.2 Å². The lowest BCUT2D eigenvalue weighted by Gasteiger charge is -2.36. The van der Waals surface area contributed by atoms with Crippen molar-refractivity contribution in [3.63, 3.8) is 0 Å². The first-order chi connectivity index (χ1) is 15.1. The van der Waals surface area contributed by atoms with E-state index in [1.807, 2.05) is 18.3 Å². The van der Waals surface area contributed by atoms with Gasteiger partial charge in [-0.2, -0.15) is 0 Å². The number of aryl methyl sites for hydroxylation is 2. The number of pyridine rings is 1. The Morgan fingerprint density at radius 3 is 2.78 bits per heavy atom. The standard InChI is InChI=1S/C24H34N4O3.HI/c1-5-25-24(27-16-20-7-9-23(26-15-20)31-13-12-29-4)28-10-11-30-22(17-28)21-8-6-18(2)14-19(21)3;/h6-9,14-15,22H,5,10-13,16-17H2,1-4H3,(H,25,27);1H. The minimum Gasteiger partial charge on any atom is -0.475 e. The SMILES string of the molecule is CCNC(=NCc1ccc(OCCOC)nc1)N1CCOC(c2ccc(C)cc2C)C1.I. The minimum absolute atomic E-state index is 0. The zero-order chi connectivity index (χ0) is 22.1. The molecule has 0 spiro atoms. The van der Waals surface area contributed by atoms with Gasteiger partial charge in [-0.05, 0) is 37.5 Å². The molecule has 1 saturated heterocycles. The fourth-order valence-corrected chi connectivity index (χ4v) is 3.63. The fraction of sp³-hybridized carbons (Fsp3) is 0.500. The van der Waals surface area contributed by atoms with E-state index in [0.29, 0.717) is 32.2 Å². The van der Waals surface area contributed by atoms with Crippen LogP contribution in [0.25, 0.3) is 0 Å². The summed E-state index contributed by atoms with van der Waals surface area (Å²) < 4.78 is 16.6. The first kappa shape index (κ1) is 26.3.